The molecule has 25 heavy (non-hydrogen) atoms. The Morgan fingerprint density at radius 1 is 1.04 bits per heavy atom. The summed E-state index contributed by atoms with van der Waals surface area (Å²) in [6.07, 6.45) is 11.6. The first-order chi connectivity index (χ1) is 11.8. The van der Waals surface area contributed by atoms with E-state index in [1.165, 1.54) is 45.6 Å². The minimum absolute atomic E-state index is 0. The molecule has 0 aromatic carbocycles. The number of esters is 1. The SMILES string of the molecule is CN=C(NCCCCCC(=O)OC)NCCOC1CCCCCC1.I. The van der Waals surface area contributed by atoms with E-state index in [1.807, 2.05) is 0 Å². The number of halogens is 1. The van der Waals surface area contributed by atoms with Gasteiger partial charge in [0.05, 0.1) is 19.8 Å². The highest BCUT2D eigenvalue weighted by Crippen LogP contribution is 2.19. The van der Waals surface area contributed by atoms with E-state index in [0.717, 1.165) is 44.9 Å². The number of unbranched alkanes of at least 4 members (excludes halogenated alkanes) is 2. The molecule has 2 N–H and O–H groups in total. The van der Waals surface area contributed by atoms with Crippen LogP contribution in [0.3, 0.4) is 0 Å². The van der Waals surface area contributed by atoms with Crippen LogP contribution in [0, 0.1) is 0 Å². The lowest BCUT2D eigenvalue weighted by Gasteiger charge is -2.16. The third kappa shape index (κ3) is 13.3. The third-order valence-corrected chi connectivity index (χ3v) is 4.35. The van der Waals surface area contributed by atoms with Gasteiger partial charge in [-0.2, -0.15) is 0 Å². The Kier molecular flexibility index (Phi) is 16.5. The fraction of sp³-hybridized carbons (Fsp3) is 0.889. The summed E-state index contributed by atoms with van der Waals surface area (Å²) in [5, 5.41) is 6.57. The largest absolute Gasteiger partial charge is 0.469 e. The molecular formula is C18H36IN3O3. The number of carbonyl (C=O) groups is 1. The second-order valence-corrected chi connectivity index (χ2v) is 6.30. The van der Waals surface area contributed by atoms with Crippen molar-refractivity contribution < 1.29 is 14.3 Å². The summed E-state index contributed by atoms with van der Waals surface area (Å²) in [4.78, 5) is 15.2. The third-order valence-electron chi connectivity index (χ3n) is 4.35. The quantitative estimate of drug-likeness (QED) is 0.128. The summed E-state index contributed by atoms with van der Waals surface area (Å²) in [7, 11) is 3.21. The second kappa shape index (κ2) is 16.9. The van der Waals surface area contributed by atoms with Crippen molar-refractivity contribution in [3.63, 3.8) is 0 Å². The maximum Gasteiger partial charge on any atom is 0.305 e. The van der Waals surface area contributed by atoms with Crippen LogP contribution in [0.25, 0.3) is 0 Å². The molecule has 0 saturated heterocycles. The Morgan fingerprint density at radius 2 is 1.72 bits per heavy atom. The summed E-state index contributed by atoms with van der Waals surface area (Å²) in [6, 6.07) is 0. The molecule has 148 valence electrons. The van der Waals surface area contributed by atoms with Gasteiger partial charge >= 0.3 is 5.97 Å². The summed E-state index contributed by atoms with van der Waals surface area (Å²) >= 11 is 0. The van der Waals surface area contributed by atoms with E-state index in [4.69, 9.17) is 4.74 Å². The number of ether oxygens (including phenoxy) is 2. The molecule has 0 unspecified atom stereocenters. The van der Waals surface area contributed by atoms with E-state index in [9.17, 15) is 4.79 Å². The van der Waals surface area contributed by atoms with Crippen molar-refractivity contribution >= 4 is 35.9 Å². The minimum Gasteiger partial charge on any atom is -0.469 e. The maximum absolute atomic E-state index is 11.0. The topological polar surface area (TPSA) is 72.0 Å². The summed E-state index contributed by atoms with van der Waals surface area (Å²) in [5.74, 6) is 0.682. The first-order valence-corrected chi connectivity index (χ1v) is 9.39. The van der Waals surface area contributed by atoms with E-state index < -0.39 is 0 Å². The molecule has 1 aliphatic rings. The minimum atomic E-state index is -0.130. The molecule has 0 aliphatic heterocycles. The van der Waals surface area contributed by atoms with Crippen molar-refractivity contribution in [2.75, 3.05) is 33.9 Å². The molecule has 0 amide bonds. The molecule has 0 spiro atoms. The van der Waals surface area contributed by atoms with Crippen molar-refractivity contribution in [2.24, 2.45) is 4.99 Å². The molecule has 1 rings (SSSR count). The van der Waals surface area contributed by atoms with E-state index in [1.54, 1.807) is 7.05 Å². The number of nitrogens with one attached hydrogen (secondary N) is 2. The highest BCUT2D eigenvalue weighted by Gasteiger charge is 2.12. The van der Waals surface area contributed by atoms with Crippen molar-refractivity contribution in [3.05, 3.63) is 0 Å². The van der Waals surface area contributed by atoms with Gasteiger partial charge in [-0.3, -0.25) is 9.79 Å². The molecule has 1 aliphatic carbocycles. The molecule has 0 aromatic heterocycles. The van der Waals surface area contributed by atoms with Crippen LogP contribution in [0.5, 0.6) is 0 Å². The lowest BCUT2D eigenvalue weighted by atomic mass is 10.1. The summed E-state index contributed by atoms with van der Waals surface area (Å²) < 4.78 is 10.6. The van der Waals surface area contributed by atoms with Gasteiger partial charge in [-0.05, 0) is 25.7 Å². The Balaban J connectivity index is 0.00000576. The van der Waals surface area contributed by atoms with Crippen molar-refractivity contribution in [1.29, 1.82) is 0 Å². The highest BCUT2D eigenvalue weighted by molar-refractivity contribution is 14.0. The number of aliphatic imine (C=N–C) groups is 1. The smallest absolute Gasteiger partial charge is 0.305 e. The molecular weight excluding hydrogens is 433 g/mol. The first kappa shape index (κ1) is 24.4. The van der Waals surface area contributed by atoms with E-state index in [0.29, 0.717) is 12.5 Å². The van der Waals surface area contributed by atoms with Gasteiger partial charge in [-0.15, -0.1) is 24.0 Å². The Labute approximate surface area is 169 Å². The zero-order valence-electron chi connectivity index (χ0n) is 15.8. The van der Waals surface area contributed by atoms with Crippen molar-refractivity contribution in [1.82, 2.24) is 10.6 Å². The zero-order valence-corrected chi connectivity index (χ0v) is 18.2. The molecule has 7 heteroatoms. The normalized spacial score (nSPS) is 15.8. The Morgan fingerprint density at radius 3 is 2.36 bits per heavy atom. The molecule has 0 bridgehead atoms. The molecule has 0 heterocycles. The number of hydrogen-bond acceptors (Lipinski definition) is 4. The molecule has 0 aromatic rings. The van der Waals surface area contributed by atoms with Crippen LogP contribution in [0.4, 0.5) is 0 Å². The van der Waals surface area contributed by atoms with Gasteiger partial charge in [0.15, 0.2) is 5.96 Å². The van der Waals surface area contributed by atoms with E-state index in [-0.39, 0.29) is 29.9 Å². The monoisotopic (exact) mass is 469 g/mol. The van der Waals surface area contributed by atoms with Gasteiger partial charge in [0.25, 0.3) is 0 Å². The van der Waals surface area contributed by atoms with Crippen LogP contribution in [-0.2, 0) is 14.3 Å². The molecule has 0 atom stereocenters. The van der Waals surface area contributed by atoms with E-state index >= 15 is 0 Å². The molecule has 1 fully saturated rings. The average molecular weight is 469 g/mol. The molecule has 0 radical (unpaired) electrons. The number of carbonyl (C=O) groups excluding carboxylic acids is 1. The van der Waals surface area contributed by atoms with Gasteiger partial charge in [0.1, 0.15) is 0 Å². The van der Waals surface area contributed by atoms with Crippen LogP contribution in [0.15, 0.2) is 4.99 Å². The second-order valence-electron chi connectivity index (χ2n) is 6.30. The average Bonchev–Trinajstić information content (AvgIpc) is 2.88. The lowest BCUT2D eigenvalue weighted by Crippen LogP contribution is -2.39. The van der Waals surface area contributed by atoms with Crippen LogP contribution in [0.1, 0.15) is 64.2 Å². The summed E-state index contributed by atoms with van der Waals surface area (Å²) in [5.41, 5.74) is 0. The zero-order chi connectivity index (χ0) is 17.5. The maximum atomic E-state index is 11.0. The standard InChI is InChI=1S/C18H35N3O3.HI/c1-19-18(20-13-9-5-8-12-17(22)23-2)21-14-15-24-16-10-6-3-4-7-11-16;/h16H,3-15H2,1-2H3,(H2,19,20,21);1H. The number of nitrogens with zero attached hydrogens (tertiary/aromatic N) is 1. The molecule has 6 nitrogen and oxygen atoms in total. The number of hydrogen-bond donors (Lipinski definition) is 2. The van der Waals surface area contributed by atoms with Crippen LogP contribution >= 0.6 is 24.0 Å². The van der Waals surface area contributed by atoms with Crippen LogP contribution in [-0.4, -0.2) is 51.9 Å². The Hall–Kier alpha value is -0.570. The van der Waals surface area contributed by atoms with Gasteiger partial charge in [0, 0.05) is 26.6 Å². The lowest BCUT2D eigenvalue weighted by molar-refractivity contribution is -0.140. The van der Waals surface area contributed by atoms with Gasteiger partial charge in [-0.1, -0.05) is 32.1 Å². The Bertz CT molecular complexity index is 359. The first-order valence-electron chi connectivity index (χ1n) is 9.39. The summed E-state index contributed by atoms with van der Waals surface area (Å²) in [6.45, 7) is 2.35. The number of guanidine groups is 1. The van der Waals surface area contributed by atoms with Gasteiger partial charge in [-0.25, -0.2) is 0 Å². The van der Waals surface area contributed by atoms with Gasteiger partial charge < -0.3 is 20.1 Å². The highest BCUT2D eigenvalue weighted by atomic mass is 127. The van der Waals surface area contributed by atoms with Crippen LogP contribution < -0.4 is 10.6 Å². The van der Waals surface area contributed by atoms with Crippen molar-refractivity contribution in [3.8, 4) is 0 Å². The van der Waals surface area contributed by atoms with Gasteiger partial charge in [0.2, 0.25) is 0 Å². The van der Waals surface area contributed by atoms with E-state index in [2.05, 4.69) is 20.4 Å². The number of rotatable bonds is 10. The van der Waals surface area contributed by atoms with Crippen LogP contribution in [0.2, 0.25) is 0 Å². The number of methoxy groups -OCH3 is 1. The molecule has 1 saturated carbocycles. The predicted octanol–water partition coefficient (Wildman–Crippen LogP) is 3.24. The van der Waals surface area contributed by atoms with Crippen molar-refractivity contribution in [2.45, 2.75) is 70.3 Å². The fourth-order valence-electron chi connectivity index (χ4n) is 2.90. The predicted molar refractivity (Wildman–Crippen MR) is 113 cm³/mol. The fourth-order valence-corrected chi connectivity index (χ4v) is 2.90.